The van der Waals surface area contributed by atoms with Gasteiger partial charge in [-0.1, -0.05) is 29.3 Å². The summed E-state index contributed by atoms with van der Waals surface area (Å²) in [5.41, 5.74) is 0.321. The molecule has 3 aromatic rings. The number of nitrogens with zero attached hydrogens (tertiary/aromatic N) is 4. The lowest BCUT2D eigenvalue weighted by atomic mass is 10.2. The number of hydrogen-bond donors (Lipinski definition) is 1. The zero-order chi connectivity index (χ0) is 18.8. The molecular formula is C16H13BrCl2FN5O. The Balaban J connectivity index is 1.75. The minimum absolute atomic E-state index is 0.129. The monoisotopic (exact) mass is 459 g/mol. The zero-order valence-corrected chi connectivity index (χ0v) is 16.6. The number of rotatable bonds is 5. The van der Waals surface area contributed by atoms with Crippen molar-refractivity contribution in [2.75, 3.05) is 5.32 Å². The molecule has 0 aliphatic rings. The second-order valence-corrected chi connectivity index (χ2v) is 7.23. The van der Waals surface area contributed by atoms with Gasteiger partial charge >= 0.3 is 0 Å². The largest absolute Gasteiger partial charge is 0.306 e. The van der Waals surface area contributed by atoms with Crippen molar-refractivity contribution in [3.63, 3.8) is 0 Å². The Morgan fingerprint density at radius 1 is 1.38 bits per heavy atom. The van der Waals surface area contributed by atoms with Crippen molar-refractivity contribution in [3.05, 3.63) is 62.7 Å². The van der Waals surface area contributed by atoms with Gasteiger partial charge < -0.3 is 5.32 Å². The number of aromatic nitrogens is 4. The number of carbonyl (C=O) groups excluding carboxylic acids is 1. The van der Waals surface area contributed by atoms with Crippen LogP contribution in [0.2, 0.25) is 10.0 Å². The van der Waals surface area contributed by atoms with Crippen molar-refractivity contribution < 1.29 is 9.18 Å². The lowest BCUT2D eigenvalue weighted by molar-refractivity contribution is -0.119. The van der Waals surface area contributed by atoms with Crippen molar-refractivity contribution in [2.45, 2.75) is 19.5 Å². The van der Waals surface area contributed by atoms with E-state index >= 15 is 0 Å². The van der Waals surface area contributed by atoms with Gasteiger partial charge in [-0.15, -0.1) is 0 Å². The van der Waals surface area contributed by atoms with Crippen LogP contribution in [0.1, 0.15) is 18.5 Å². The highest BCUT2D eigenvalue weighted by molar-refractivity contribution is 9.10. The highest BCUT2D eigenvalue weighted by atomic mass is 79.9. The van der Waals surface area contributed by atoms with E-state index in [1.807, 2.05) is 0 Å². The fourth-order valence-corrected chi connectivity index (χ4v) is 3.06. The minimum Gasteiger partial charge on any atom is -0.306 e. The third-order valence-corrected chi connectivity index (χ3v) is 4.82. The maximum atomic E-state index is 13.9. The molecule has 0 saturated heterocycles. The fraction of sp³-hybridized carbons (Fsp3) is 0.188. The summed E-state index contributed by atoms with van der Waals surface area (Å²) in [7, 11) is 0. The zero-order valence-electron chi connectivity index (χ0n) is 13.5. The molecule has 0 spiro atoms. The van der Waals surface area contributed by atoms with E-state index in [-0.39, 0.29) is 12.5 Å². The summed E-state index contributed by atoms with van der Waals surface area (Å²) in [6.45, 7) is 1.81. The maximum absolute atomic E-state index is 13.9. The highest BCUT2D eigenvalue weighted by Gasteiger charge is 2.19. The van der Waals surface area contributed by atoms with Gasteiger partial charge in [-0.05, 0) is 35.0 Å². The van der Waals surface area contributed by atoms with Crippen LogP contribution in [0, 0.1) is 5.82 Å². The first-order chi connectivity index (χ1) is 12.3. The number of hydrogen-bond acceptors (Lipinski definition) is 3. The van der Waals surface area contributed by atoms with E-state index in [0.29, 0.717) is 25.9 Å². The first-order valence-corrected chi connectivity index (χ1v) is 9.06. The van der Waals surface area contributed by atoms with Gasteiger partial charge in [0.1, 0.15) is 11.9 Å². The Labute approximate surface area is 167 Å². The molecule has 1 aromatic carbocycles. The van der Waals surface area contributed by atoms with Gasteiger partial charge in [-0.25, -0.2) is 4.39 Å². The Hall–Kier alpha value is -1.90. The van der Waals surface area contributed by atoms with Crippen LogP contribution < -0.4 is 5.32 Å². The molecule has 6 nitrogen and oxygen atoms in total. The summed E-state index contributed by atoms with van der Waals surface area (Å²) in [5, 5.41) is 11.7. The number of carbonyl (C=O) groups is 1. The standard InChI is InChI=1S/C16H13BrCl2FN5O/c1-9(25-6-10(18)5-21-25)16(26)22-15-12(17)8-24(23-15)7-11-13(19)3-2-4-14(11)20/h2-6,8-9H,7H2,1H3,(H,22,23,26). The lowest BCUT2D eigenvalue weighted by Gasteiger charge is -2.11. The van der Waals surface area contributed by atoms with Gasteiger partial charge in [0.15, 0.2) is 5.82 Å². The lowest BCUT2D eigenvalue weighted by Crippen LogP contribution is -2.24. The molecule has 26 heavy (non-hydrogen) atoms. The molecule has 0 aliphatic heterocycles. The average molecular weight is 461 g/mol. The first kappa shape index (κ1) is 18.9. The quantitative estimate of drug-likeness (QED) is 0.608. The molecule has 1 amide bonds. The van der Waals surface area contributed by atoms with Crippen LogP contribution >= 0.6 is 39.1 Å². The van der Waals surface area contributed by atoms with Gasteiger partial charge in [0, 0.05) is 23.0 Å². The maximum Gasteiger partial charge on any atom is 0.250 e. The van der Waals surface area contributed by atoms with Crippen molar-refractivity contribution in [3.8, 4) is 0 Å². The van der Waals surface area contributed by atoms with Crippen molar-refractivity contribution in [1.29, 1.82) is 0 Å². The summed E-state index contributed by atoms with van der Waals surface area (Å²) in [6, 6.07) is 3.90. The Morgan fingerprint density at radius 2 is 2.15 bits per heavy atom. The molecule has 0 saturated carbocycles. The number of benzene rings is 1. The Kier molecular flexibility index (Phi) is 5.64. The van der Waals surface area contributed by atoms with Crippen LogP contribution in [0.5, 0.6) is 0 Å². The second-order valence-electron chi connectivity index (χ2n) is 5.53. The normalized spacial score (nSPS) is 12.2. The summed E-state index contributed by atoms with van der Waals surface area (Å²) in [6.07, 6.45) is 4.64. The van der Waals surface area contributed by atoms with E-state index in [1.165, 1.54) is 27.7 Å². The molecule has 1 N–H and O–H groups in total. The Bertz CT molecular complexity index is 938. The van der Waals surface area contributed by atoms with Gasteiger partial charge in [-0.3, -0.25) is 14.2 Å². The minimum atomic E-state index is -0.583. The number of nitrogens with one attached hydrogen (secondary N) is 1. The first-order valence-electron chi connectivity index (χ1n) is 7.51. The van der Waals surface area contributed by atoms with Crippen LogP contribution in [-0.4, -0.2) is 25.5 Å². The fourth-order valence-electron chi connectivity index (χ4n) is 2.28. The van der Waals surface area contributed by atoms with E-state index in [9.17, 15) is 9.18 Å². The van der Waals surface area contributed by atoms with E-state index in [1.54, 1.807) is 25.4 Å². The van der Waals surface area contributed by atoms with Crippen LogP contribution in [0.4, 0.5) is 10.2 Å². The molecule has 0 aliphatic carbocycles. The van der Waals surface area contributed by atoms with Crippen LogP contribution in [0.3, 0.4) is 0 Å². The number of anilines is 1. The van der Waals surface area contributed by atoms with E-state index in [0.717, 1.165) is 0 Å². The molecule has 0 fully saturated rings. The summed E-state index contributed by atoms with van der Waals surface area (Å²) in [5.74, 6) is -0.425. The predicted molar refractivity (Wildman–Crippen MR) is 101 cm³/mol. The van der Waals surface area contributed by atoms with Crippen LogP contribution in [0.15, 0.2) is 41.3 Å². The van der Waals surface area contributed by atoms with E-state index < -0.39 is 11.9 Å². The Morgan fingerprint density at radius 3 is 2.81 bits per heavy atom. The third kappa shape index (κ3) is 4.08. The molecule has 2 heterocycles. The van der Waals surface area contributed by atoms with Gasteiger partial charge in [-0.2, -0.15) is 10.2 Å². The van der Waals surface area contributed by atoms with E-state index in [4.69, 9.17) is 23.2 Å². The SMILES string of the molecule is CC(C(=O)Nc1nn(Cc2c(F)cccc2Cl)cc1Br)n1cc(Cl)cn1. The molecule has 136 valence electrons. The smallest absolute Gasteiger partial charge is 0.250 e. The van der Waals surface area contributed by atoms with Gasteiger partial charge in [0.25, 0.3) is 0 Å². The van der Waals surface area contributed by atoms with Crippen molar-refractivity contribution >= 4 is 50.9 Å². The molecule has 0 radical (unpaired) electrons. The molecule has 10 heteroatoms. The van der Waals surface area contributed by atoms with Crippen molar-refractivity contribution in [2.24, 2.45) is 0 Å². The average Bonchev–Trinajstić information content (AvgIpc) is 3.16. The summed E-state index contributed by atoms with van der Waals surface area (Å²) in [4.78, 5) is 12.4. The number of halogens is 4. The molecule has 3 rings (SSSR count). The van der Waals surface area contributed by atoms with Gasteiger partial charge in [0.2, 0.25) is 5.91 Å². The third-order valence-electron chi connectivity index (χ3n) is 3.69. The molecule has 0 bridgehead atoms. The highest BCUT2D eigenvalue weighted by Crippen LogP contribution is 2.24. The second kappa shape index (κ2) is 7.77. The van der Waals surface area contributed by atoms with Gasteiger partial charge in [0.05, 0.1) is 22.2 Å². The topological polar surface area (TPSA) is 64.7 Å². The summed E-state index contributed by atoms with van der Waals surface area (Å²) < 4.78 is 17.4. The van der Waals surface area contributed by atoms with Crippen molar-refractivity contribution in [1.82, 2.24) is 19.6 Å². The van der Waals surface area contributed by atoms with Crippen LogP contribution in [-0.2, 0) is 11.3 Å². The molecule has 1 unspecified atom stereocenters. The predicted octanol–water partition coefficient (Wildman–Crippen LogP) is 4.54. The molecular weight excluding hydrogens is 448 g/mol. The summed E-state index contributed by atoms with van der Waals surface area (Å²) >= 11 is 15.2. The van der Waals surface area contributed by atoms with Crippen LogP contribution in [0.25, 0.3) is 0 Å². The molecule has 2 aromatic heterocycles. The molecule has 1 atom stereocenters. The number of amides is 1. The van der Waals surface area contributed by atoms with E-state index in [2.05, 4.69) is 31.4 Å².